The molecule has 0 radical (unpaired) electrons. The van der Waals surface area contributed by atoms with Crippen LogP contribution in [0.25, 0.3) is 0 Å². The van der Waals surface area contributed by atoms with Crippen molar-refractivity contribution in [3.8, 4) is 0 Å². The van der Waals surface area contributed by atoms with Crippen molar-refractivity contribution in [2.45, 2.75) is 31.8 Å². The lowest BCUT2D eigenvalue weighted by molar-refractivity contribution is 0.106. The summed E-state index contributed by atoms with van der Waals surface area (Å²) in [5, 5.41) is 9.67. The number of aliphatic hydroxyl groups excluding tert-OH is 1. The molecule has 2 nitrogen and oxygen atoms in total. The van der Waals surface area contributed by atoms with Gasteiger partial charge in [0, 0.05) is 19.1 Å². The smallest absolute Gasteiger partial charge is 0.111 e. The lowest BCUT2D eigenvalue weighted by Crippen LogP contribution is -2.49. The summed E-state index contributed by atoms with van der Waals surface area (Å²) in [5.74, 6) is 1.08. The van der Waals surface area contributed by atoms with Crippen molar-refractivity contribution in [2.24, 2.45) is 5.92 Å². The number of rotatable bonds is 0. The predicted octanol–water partition coefficient (Wildman–Crippen LogP) is 3.21. The van der Waals surface area contributed by atoms with Crippen molar-refractivity contribution in [3.63, 3.8) is 0 Å². The highest BCUT2D eigenvalue weighted by Crippen LogP contribution is 2.39. The van der Waals surface area contributed by atoms with Crippen molar-refractivity contribution in [1.82, 2.24) is 4.90 Å². The van der Waals surface area contributed by atoms with Gasteiger partial charge in [0.15, 0.2) is 0 Å². The zero-order valence-corrected chi connectivity index (χ0v) is 11.0. The van der Waals surface area contributed by atoms with Crippen LogP contribution in [0.3, 0.4) is 0 Å². The first-order valence-corrected chi connectivity index (χ1v) is 7.22. The number of allylic oxidation sites excluding steroid dienone is 2. The monoisotopic (exact) mass is 253 g/mol. The van der Waals surface area contributed by atoms with E-state index in [9.17, 15) is 5.11 Å². The summed E-state index contributed by atoms with van der Waals surface area (Å²) >= 11 is 0. The molecule has 3 aliphatic rings. The Balaban J connectivity index is 1.67. The molecule has 0 spiro atoms. The summed E-state index contributed by atoms with van der Waals surface area (Å²) in [4.78, 5) is 2.64. The fraction of sp³-hybridized carbons (Fsp3) is 0.412. The van der Waals surface area contributed by atoms with E-state index in [1.807, 2.05) is 12.2 Å². The lowest BCUT2D eigenvalue weighted by Gasteiger charge is -2.46. The molecule has 2 heterocycles. The fourth-order valence-electron chi connectivity index (χ4n) is 3.93. The number of hydrogen-bond donors (Lipinski definition) is 1. The van der Waals surface area contributed by atoms with Gasteiger partial charge >= 0.3 is 0 Å². The summed E-state index contributed by atoms with van der Waals surface area (Å²) < 4.78 is 0. The summed E-state index contributed by atoms with van der Waals surface area (Å²) in [6.45, 7) is 2.23. The Bertz CT molecular complexity index is 572. The quantitative estimate of drug-likeness (QED) is 0.767. The zero-order valence-electron chi connectivity index (χ0n) is 11.0. The van der Waals surface area contributed by atoms with Crippen LogP contribution < -0.4 is 0 Å². The molecule has 98 valence electrons. The second kappa shape index (κ2) is 4.24. The topological polar surface area (TPSA) is 23.5 Å². The molecule has 19 heavy (non-hydrogen) atoms. The highest BCUT2D eigenvalue weighted by atomic mass is 16.3. The number of aliphatic hydroxyl groups is 1. The maximum Gasteiger partial charge on any atom is 0.111 e. The standard InChI is InChI=1S/C17H19NO/c19-15-5-6-16-13(9-15)7-8-18-11-14-4-2-1-3-12(14)10-17(16)18/h1-5,9,16-17,19H,6-8,10-11H2. The molecule has 2 atom stereocenters. The minimum Gasteiger partial charge on any atom is -0.508 e. The van der Waals surface area contributed by atoms with Crippen LogP contribution in [-0.2, 0) is 13.0 Å². The number of nitrogens with zero attached hydrogens (tertiary/aromatic N) is 1. The van der Waals surface area contributed by atoms with E-state index >= 15 is 0 Å². The van der Waals surface area contributed by atoms with Crippen LogP contribution >= 0.6 is 0 Å². The van der Waals surface area contributed by atoms with Crippen molar-refractivity contribution in [1.29, 1.82) is 0 Å². The molecule has 0 aromatic heterocycles. The Morgan fingerprint density at radius 3 is 2.89 bits per heavy atom. The van der Waals surface area contributed by atoms with Crippen molar-refractivity contribution < 1.29 is 5.11 Å². The molecule has 1 aliphatic carbocycles. The van der Waals surface area contributed by atoms with Gasteiger partial charge in [0.2, 0.25) is 0 Å². The second-order valence-corrected chi connectivity index (χ2v) is 5.95. The Hall–Kier alpha value is -1.54. The van der Waals surface area contributed by atoms with Gasteiger partial charge in [-0.25, -0.2) is 0 Å². The van der Waals surface area contributed by atoms with E-state index in [0.717, 1.165) is 32.4 Å². The van der Waals surface area contributed by atoms with Gasteiger partial charge in [0.1, 0.15) is 5.76 Å². The van der Waals surface area contributed by atoms with Gasteiger partial charge in [0.05, 0.1) is 0 Å². The van der Waals surface area contributed by atoms with Gasteiger partial charge in [-0.05, 0) is 48.5 Å². The normalized spacial score (nSPS) is 29.7. The van der Waals surface area contributed by atoms with Crippen LogP contribution in [0.15, 0.2) is 47.7 Å². The lowest BCUT2D eigenvalue weighted by atomic mass is 9.75. The highest BCUT2D eigenvalue weighted by Gasteiger charge is 2.37. The number of benzene rings is 1. The van der Waals surface area contributed by atoms with Gasteiger partial charge in [-0.3, -0.25) is 4.90 Å². The Kier molecular flexibility index (Phi) is 2.52. The molecule has 0 saturated carbocycles. The molecule has 4 rings (SSSR count). The van der Waals surface area contributed by atoms with Gasteiger partial charge in [-0.15, -0.1) is 0 Å². The Morgan fingerprint density at radius 2 is 2.00 bits per heavy atom. The molecule has 1 fully saturated rings. The molecular formula is C17H19NO. The largest absolute Gasteiger partial charge is 0.508 e. The van der Waals surface area contributed by atoms with E-state index in [4.69, 9.17) is 0 Å². The van der Waals surface area contributed by atoms with Gasteiger partial charge < -0.3 is 5.11 Å². The molecule has 2 heteroatoms. The van der Waals surface area contributed by atoms with E-state index in [1.54, 1.807) is 0 Å². The number of fused-ring (bicyclic) bond motifs is 4. The first-order chi connectivity index (χ1) is 9.31. The average molecular weight is 253 g/mol. The third-order valence-electron chi connectivity index (χ3n) is 4.93. The van der Waals surface area contributed by atoms with Crippen LogP contribution in [0.1, 0.15) is 24.0 Å². The average Bonchev–Trinajstić information content (AvgIpc) is 2.44. The van der Waals surface area contributed by atoms with Crippen molar-refractivity contribution in [3.05, 3.63) is 58.9 Å². The molecule has 1 N–H and O–H groups in total. The van der Waals surface area contributed by atoms with E-state index < -0.39 is 0 Å². The maximum absolute atomic E-state index is 9.67. The van der Waals surface area contributed by atoms with Crippen LogP contribution in [0.2, 0.25) is 0 Å². The molecular weight excluding hydrogens is 234 g/mol. The van der Waals surface area contributed by atoms with Gasteiger partial charge in [-0.1, -0.05) is 29.8 Å². The van der Waals surface area contributed by atoms with Crippen LogP contribution in [-0.4, -0.2) is 22.6 Å². The Labute approximate surface area is 114 Å². The van der Waals surface area contributed by atoms with Crippen LogP contribution in [0.4, 0.5) is 0 Å². The fourth-order valence-corrected chi connectivity index (χ4v) is 3.93. The minimum absolute atomic E-state index is 0.468. The molecule has 1 saturated heterocycles. The van der Waals surface area contributed by atoms with Crippen molar-refractivity contribution in [2.75, 3.05) is 6.54 Å². The molecule has 0 amide bonds. The maximum atomic E-state index is 9.67. The van der Waals surface area contributed by atoms with Crippen LogP contribution in [0.5, 0.6) is 0 Å². The SMILES string of the molecule is OC1=CCC2C(=C1)CCN1Cc3ccccc3CC21. The minimum atomic E-state index is 0.468. The highest BCUT2D eigenvalue weighted by molar-refractivity contribution is 5.34. The number of piperidine rings is 1. The summed E-state index contributed by atoms with van der Waals surface area (Å²) in [5.41, 5.74) is 4.48. The van der Waals surface area contributed by atoms with Crippen LogP contribution in [0, 0.1) is 5.92 Å². The van der Waals surface area contributed by atoms with E-state index in [-0.39, 0.29) is 0 Å². The second-order valence-electron chi connectivity index (χ2n) is 5.95. The third-order valence-corrected chi connectivity index (χ3v) is 4.93. The Morgan fingerprint density at radius 1 is 1.16 bits per heavy atom. The first kappa shape index (κ1) is 11.3. The van der Waals surface area contributed by atoms with E-state index in [1.165, 1.54) is 16.7 Å². The molecule has 2 unspecified atom stereocenters. The summed E-state index contributed by atoms with van der Waals surface area (Å²) in [6, 6.07) is 9.47. The summed E-state index contributed by atoms with van der Waals surface area (Å²) in [6.07, 6.45) is 7.26. The predicted molar refractivity (Wildman–Crippen MR) is 75.9 cm³/mol. The molecule has 1 aromatic rings. The summed E-state index contributed by atoms with van der Waals surface area (Å²) in [7, 11) is 0. The van der Waals surface area contributed by atoms with Crippen molar-refractivity contribution >= 4 is 0 Å². The first-order valence-electron chi connectivity index (χ1n) is 7.22. The van der Waals surface area contributed by atoms with E-state index in [0.29, 0.717) is 17.7 Å². The zero-order chi connectivity index (χ0) is 12.8. The van der Waals surface area contributed by atoms with Gasteiger partial charge in [-0.2, -0.15) is 0 Å². The van der Waals surface area contributed by atoms with Gasteiger partial charge in [0.25, 0.3) is 0 Å². The number of hydrogen-bond acceptors (Lipinski definition) is 2. The molecule has 2 aliphatic heterocycles. The molecule has 0 bridgehead atoms. The third kappa shape index (κ3) is 1.82. The molecule has 1 aromatic carbocycles. The van der Waals surface area contributed by atoms with E-state index in [2.05, 4.69) is 29.2 Å².